The van der Waals surface area contributed by atoms with E-state index in [9.17, 15) is 18.0 Å². The Balaban J connectivity index is 1.87. The fraction of sp³-hybridized carbons (Fsp3) is 0.385. The van der Waals surface area contributed by atoms with Crippen LogP contribution in [-0.2, 0) is 14.6 Å². The van der Waals surface area contributed by atoms with Crippen LogP contribution in [0.1, 0.15) is 66.3 Å². The molecule has 0 aromatic heterocycles. The molecule has 0 heterocycles. The summed E-state index contributed by atoms with van der Waals surface area (Å²) in [5, 5.41) is 0. The molecule has 0 saturated heterocycles. The average Bonchev–Trinajstić information content (AvgIpc) is 2.73. The first-order valence-corrected chi connectivity index (χ1v) is 12.5. The van der Waals surface area contributed by atoms with Crippen molar-refractivity contribution in [2.24, 2.45) is 5.92 Å². The normalized spacial score (nSPS) is 12.1. The summed E-state index contributed by atoms with van der Waals surface area (Å²) in [4.78, 5) is 24.8. The topological polar surface area (TPSA) is 77.5 Å². The van der Waals surface area contributed by atoms with Crippen molar-refractivity contribution >= 4 is 21.6 Å². The van der Waals surface area contributed by atoms with E-state index in [-0.39, 0.29) is 10.5 Å². The van der Waals surface area contributed by atoms with Crippen LogP contribution in [-0.4, -0.2) is 32.5 Å². The summed E-state index contributed by atoms with van der Waals surface area (Å²) >= 11 is 0. The van der Waals surface area contributed by atoms with Crippen LogP contribution in [0, 0.1) is 12.8 Å². The maximum absolute atomic E-state index is 12.5. The number of carbonyl (C=O) groups excluding carboxylic acids is 2. The highest BCUT2D eigenvalue weighted by Gasteiger charge is 2.20. The molecule has 0 saturated carbocycles. The van der Waals surface area contributed by atoms with Gasteiger partial charge in [-0.2, -0.15) is 0 Å². The standard InChI is InChI=1S/C26H32O5S/c1-19(2)6-5-7-20(3)16-17-31-26(28)23-12-10-22(11-13-23)25(27)18-32(29,30)24-14-8-21(4)9-15-24/h6,8-15,20H,5,7,16-18H2,1-4H3. The minimum absolute atomic E-state index is 0.117. The van der Waals surface area contributed by atoms with Crippen molar-refractivity contribution < 1.29 is 22.7 Å². The zero-order valence-corrected chi connectivity index (χ0v) is 20.1. The second kappa shape index (κ2) is 11.8. The van der Waals surface area contributed by atoms with Gasteiger partial charge in [0.05, 0.1) is 17.1 Å². The van der Waals surface area contributed by atoms with Gasteiger partial charge in [0.1, 0.15) is 5.75 Å². The number of ether oxygens (including phenoxy) is 1. The van der Waals surface area contributed by atoms with E-state index in [0.717, 1.165) is 24.8 Å². The predicted molar refractivity (Wildman–Crippen MR) is 127 cm³/mol. The minimum atomic E-state index is -3.73. The Hall–Kier alpha value is -2.73. The van der Waals surface area contributed by atoms with Gasteiger partial charge in [-0.1, -0.05) is 48.4 Å². The van der Waals surface area contributed by atoms with E-state index < -0.39 is 27.3 Å². The molecule has 6 heteroatoms. The molecule has 1 unspecified atom stereocenters. The molecule has 0 aliphatic rings. The Labute approximate surface area is 191 Å². The van der Waals surface area contributed by atoms with Crippen molar-refractivity contribution in [1.82, 2.24) is 0 Å². The van der Waals surface area contributed by atoms with Crippen molar-refractivity contribution in [3.05, 3.63) is 76.9 Å². The lowest BCUT2D eigenvalue weighted by molar-refractivity contribution is 0.0484. The quantitative estimate of drug-likeness (QED) is 0.251. The molecule has 0 aliphatic heterocycles. The number of sulfone groups is 1. The van der Waals surface area contributed by atoms with Gasteiger partial charge in [-0.3, -0.25) is 4.79 Å². The highest BCUT2D eigenvalue weighted by molar-refractivity contribution is 7.92. The Morgan fingerprint density at radius 2 is 1.53 bits per heavy atom. The summed E-state index contributed by atoms with van der Waals surface area (Å²) < 4.78 is 30.3. The first-order chi connectivity index (χ1) is 15.1. The lowest BCUT2D eigenvalue weighted by atomic mass is 10.0. The van der Waals surface area contributed by atoms with Crippen molar-refractivity contribution in [2.45, 2.75) is 51.9 Å². The van der Waals surface area contributed by atoms with Crippen molar-refractivity contribution in [1.29, 1.82) is 0 Å². The molecule has 0 spiro atoms. The molecular weight excluding hydrogens is 424 g/mol. The van der Waals surface area contributed by atoms with Crippen LogP contribution in [0.4, 0.5) is 0 Å². The molecule has 0 bridgehead atoms. The van der Waals surface area contributed by atoms with E-state index in [4.69, 9.17) is 4.74 Å². The van der Waals surface area contributed by atoms with E-state index in [2.05, 4.69) is 26.8 Å². The molecular formula is C26H32O5S. The van der Waals surface area contributed by atoms with E-state index in [1.54, 1.807) is 12.1 Å². The number of Topliss-reactive ketones (excluding diaryl/α,β-unsaturated/α-hetero) is 1. The van der Waals surface area contributed by atoms with Gasteiger partial charge in [-0.25, -0.2) is 13.2 Å². The van der Waals surface area contributed by atoms with Gasteiger partial charge in [0.2, 0.25) is 0 Å². The molecule has 2 rings (SSSR count). The number of hydrogen-bond acceptors (Lipinski definition) is 5. The molecule has 2 aromatic carbocycles. The van der Waals surface area contributed by atoms with Crippen molar-refractivity contribution in [3.63, 3.8) is 0 Å². The lowest BCUT2D eigenvalue weighted by Crippen LogP contribution is -2.16. The van der Waals surface area contributed by atoms with Gasteiger partial charge in [0.25, 0.3) is 0 Å². The van der Waals surface area contributed by atoms with Gasteiger partial charge in [0, 0.05) is 5.56 Å². The first-order valence-electron chi connectivity index (χ1n) is 10.8. The molecule has 2 aromatic rings. The Kier molecular flexibility index (Phi) is 9.39. The number of allylic oxidation sites excluding steroid dienone is 2. The zero-order valence-electron chi connectivity index (χ0n) is 19.3. The summed E-state index contributed by atoms with van der Waals surface area (Å²) in [5.41, 5.74) is 2.82. The lowest BCUT2D eigenvalue weighted by Gasteiger charge is -2.11. The van der Waals surface area contributed by atoms with Gasteiger partial charge >= 0.3 is 5.97 Å². The smallest absolute Gasteiger partial charge is 0.338 e. The molecule has 0 aliphatic carbocycles. The monoisotopic (exact) mass is 456 g/mol. The summed E-state index contributed by atoms with van der Waals surface area (Å²) in [6.07, 6.45) is 5.06. The van der Waals surface area contributed by atoms with Crippen LogP contribution in [0.25, 0.3) is 0 Å². The number of ketones is 1. The summed E-state index contributed by atoms with van der Waals surface area (Å²) in [7, 11) is -3.73. The third-order valence-corrected chi connectivity index (χ3v) is 6.83. The predicted octanol–water partition coefficient (Wildman–Crippen LogP) is 5.58. The van der Waals surface area contributed by atoms with Crippen LogP contribution < -0.4 is 0 Å². The second-order valence-corrected chi connectivity index (χ2v) is 10.5. The number of aryl methyl sites for hydroxylation is 1. The fourth-order valence-corrected chi connectivity index (χ4v) is 4.34. The SMILES string of the molecule is CC(C)=CCCC(C)CCOC(=O)c1ccc(C(=O)CS(=O)(=O)c2ccc(C)cc2)cc1. The van der Waals surface area contributed by atoms with Gasteiger partial charge in [-0.15, -0.1) is 0 Å². The van der Waals surface area contributed by atoms with E-state index in [1.165, 1.54) is 42.0 Å². The van der Waals surface area contributed by atoms with Crippen LogP contribution in [0.15, 0.2) is 65.1 Å². The number of hydrogen-bond donors (Lipinski definition) is 0. The van der Waals surface area contributed by atoms with Gasteiger partial charge in [-0.05, 0) is 70.2 Å². The van der Waals surface area contributed by atoms with E-state index in [1.807, 2.05) is 6.92 Å². The largest absolute Gasteiger partial charge is 0.462 e. The minimum Gasteiger partial charge on any atom is -0.462 e. The molecule has 0 N–H and O–H groups in total. The van der Waals surface area contributed by atoms with Gasteiger partial charge < -0.3 is 4.74 Å². The Morgan fingerprint density at radius 1 is 0.938 bits per heavy atom. The molecule has 0 amide bonds. The maximum atomic E-state index is 12.5. The molecule has 1 atom stereocenters. The number of rotatable bonds is 11. The van der Waals surface area contributed by atoms with Crippen LogP contribution in [0.3, 0.4) is 0 Å². The molecule has 0 fully saturated rings. The fourth-order valence-electron chi connectivity index (χ4n) is 3.11. The second-order valence-electron chi connectivity index (χ2n) is 8.46. The number of carbonyl (C=O) groups is 2. The maximum Gasteiger partial charge on any atom is 0.338 e. The first kappa shape index (κ1) is 25.5. The Bertz CT molecular complexity index is 1040. The number of benzene rings is 2. The highest BCUT2D eigenvalue weighted by Crippen LogP contribution is 2.16. The molecule has 172 valence electrons. The van der Waals surface area contributed by atoms with Crippen molar-refractivity contribution in [2.75, 3.05) is 12.4 Å². The van der Waals surface area contributed by atoms with Crippen LogP contribution in [0.5, 0.6) is 0 Å². The van der Waals surface area contributed by atoms with Gasteiger partial charge in [0.15, 0.2) is 15.6 Å². The average molecular weight is 457 g/mol. The Morgan fingerprint density at radius 3 is 2.12 bits per heavy atom. The molecule has 5 nitrogen and oxygen atoms in total. The highest BCUT2D eigenvalue weighted by atomic mass is 32.2. The molecule has 0 radical (unpaired) electrons. The third kappa shape index (κ3) is 8.08. The summed E-state index contributed by atoms with van der Waals surface area (Å²) in [5.74, 6) is -1.14. The van der Waals surface area contributed by atoms with Crippen molar-refractivity contribution in [3.8, 4) is 0 Å². The van der Waals surface area contributed by atoms with Crippen LogP contribution in [0.2, 0.25) is 0 Å². The van der Waals surface area contributed by atoms with E-state index >= 15 is 0 Å². The zero-order chi connectivity index (χ0) is 23.7. The third-order valence-electron chi connectivity index (χ3n) is 5.20. The summed E-state index contributed by atoms with van der Waals surface area (Å²) in [6.45, 7) is 8.49. The molecule has 32 heavy (non-hydrogen) atoms. The number of esters is 1. The van der Waals surface area contributed by atoms with E-state index in [0.29, 0.717) is 18.1 Å². The summed E-state index contributed by atoms with van der Waals surface area (Å²) in [6, 6.07) is 12.3. The van der Waals surface area contributed by atoms with Crippen LogP contribution >= 0.6 is 0 Å².